The molecule has 0 aromatic heterocycles. The average Bonchev–Trinajstić information content (AvgIpc) is 2.43. The second-order valence-electron chi connectivity index (χ2n) is 3.90. The maximum Gasteiger partial charge on any atom is 0.152 e. The van der Waals surface area contributed by atoms with Crippen LogP contribution in [0.5, 0.6) is 0 Å². The van der Waals surface area contributed by atoms with Gasteiger partial charge in [0.15, 0.2) is 9.84 Å². The molecule has 1 aliphatic rings. The fraction of sp³-hybridized carbons (Fsp3) is 0.400. The number of benzene rings is 1. The van der Waals surface area contributed by atoms with Crippen molar-refractivity contribution in [2.45, 2.75) is 12.5 Å². The highest BCUT2D eigenvalue weighted by atomic mass is 35.5. The van der Waals surface area contributed by atoms with Crippen LogP contribution in [0.4, 0.5) is 10.1 Å². The van der Waals surface area contributed by atoms with E-state index >= 15 is 0 Å². The van der Waals surface area contributed by atoms with Crippen molar-refractivity contribution < 1.29 is 12.8 Å². The van der Waals surface area contributed by atoms with Crippen LogP contribution in [-0.2, 0) is 9.84 Å². The number of anilines is 1. The highest BCUT2D eigenvalue weighted by Gasteiger charge is 2.27. The van der Waals surface area contributed by atoms with E-state index in [0.717, 1.165) is 0 Å². The van der Waals surface area contributed by atoms with Crippen LogP contribution >= 0.6 is 11.6 Å². The molecule has 0 bridgehead atoms. The summed E-state index contributed by atoms with van der Waals surface area (Å²) in [7, 11) is -2.93. The number of halogens is 2. The first-order valence-corrected chi connectivity index (χ1v) is 7.08. The van der Waals surface area contributed by atoms with Crippen LogP contribution in [0.1, 0.15) is 6.42 Å². The summed E-state index contributed by atoms with van der Waals surface area (Å²) in [6, 6.07) is 3.94. The van der Waals surface area contributed by atoms with Crippen molar-refractivity contribution in [1.82, 2.24) is 0 Å². The minimum Gasteiger partial charge on any atom is -0.381 e. The molecule has 1 aliphatic heterocycles. The molecule has 88 valence electrons. The highest BCUT2D eigenvalue weighted by Crippen LogP contribution is 2.21. The summed E-state index contributed by atoms with van der Waals surface area (Å²) in [6.45, 7) is 0. The van der Waals surface area contributed by atoms with Gasteiger partial charge in [-0.05, 0) is 24.6 Å². The van der Waals surface area contributed by atoms with Crippen LogP contribution in [0.2, 0.25) is 5.02 Å². The van der Waals surface area contributed by atoms with Crippen molar-refractivity contribution in [2.24, 2.45) is 0 Å². The molecule has 1 heterocycles. The summed E-state index contributed by atoms with van der Waals surface area (Å²) in [5, 5.41) is 3.27. The third-order valence-corrected chi connectivity index (χ3v) is 4.45. The van der Waals surface area contributed by atoms with Crippen molar-refractivity contribution in [1.29, 1.82) is 0 Å². The Balaban J connectivity index is 2.10. The number of sulfone groups is 1. The molecule has 1 atom stereocenters. The maximum atomic E-state index is 13.0. The van der Waals surface area contributed by atoms with E-state index in [1.54, 1.807) is 6.07 Å². The van der Waals surface area contributed by atoms with Gasteiger partial charge < -0.3 is 5.32 Å². The van der Waals surface area contributed by atoms with Crippen LogP contribution in [0.25, 0.3) is 0 Å². The van der Waals surface area contributed by atoms with Gasteiger partial charge in [0.1, 0.15) is 5.82 Å². The fourth-order valence-corrected chi connectivity index (χ4v) is 3.68. The van der Waals surface area contributed by atoms with E-state index in [-0.39, 0.29) is 17.5 Å². The van der Waals surface area contributed by atoms with Gasteiger partial charge in [-0.15, -0.1) is 0 Å². The van der Waals surface area contributed by atoms with E-state index in [0.29, 0.717) is 17.1 Å². The molecule has 0 aliphatic carbocycles. The molecule has 0 spiro atoms. The molecule has 6 heteroatoms. The Morgan fingerprint density at radius 1 is 1.38 bits per heavy atom. The Kier molecular flexibility index (Phi) is 3.08. The van der Waals surface area contributed by atoms with Crippen molar-refractivity contribution in [3.05, 3.63) is 29.0 Å². The summed E-state index contributed by atoms with van der Waals surface area (Å²) >= 11 is 5.69. The summed E-state index contributed by atoms with van der Waals surface area (Å²) < 4.78 is 35.5. The largest absolute Gasteiger partial charge is 0.381 e. The van der Waals surface area contributed by atoms with Crippen LogP contribution in [0.15, 0.2) is 18.2 Å². The van der Waals surface area contributed by atoms with Gasteiger partial charge in [0.05, 0.1) is 11.5 Å². The SMILES string of the molecule is O=S1(=O)CCC(Nc2cc(F)cc(Cl)c2)C1. The van der Waals surface area contributed by atoms with E-state index in [1.807, 2.05) is 0 Å². The standard InChI is InChI=1S/C10H11ClFNO2S/c11-7-3-8(12)5-10(4-7)13-9-1-2-16(14,15)6-9/h3-5,9,13H,1-2,6H2. The zero-order chi connectivity index (χ0) is 11.8. The lowest BCUT2D eigenvalue weighted by Crippen LogP contribution is -2.20. The highest BCUT2D eigenvalue weighted by molar-refractivity contribution is 7.91. The molecule has 1 N–H and O–H groups in total. The summed E-state index contributed by atoms with van der Waals surface area (Å²) in [4.78, 5) is 0. The number of hydrogen-bond donors (Lipinski definition) is 1. The topological polar surface area (TPSA) is 46.2 Å². The number of hydrogen-bond acceptors (Lipinski definition) is 3. The molecule has 1 aromatic carbocycles. The third kappa shape index (κ3) is 2.86. The molecule has 1 aromatic rings. The van der Waals surface area contributed by atoms with Gasteiger partial charge in [-0.1, -0.05) is 11.6 Å². The van der Waals surface area contributed by atoms with Crippen molar-refractivity contribution in [3.8, 4) is 0 Å². The Labute approximate surface area is 98.5 Å². The van der Waals surface area contributed by atoms with E-state index in [4.69, 9.17) is 11.6 Å². The Hall–Kier alpha value is -0.810. The van der Waals surface area contributed by atoms with Gasteiger partial charge in [-0.2, -0.15) is 0 Å². The van der Waals surface area contributed by atoms with E-state index in [1.165, 1.54) is 12.1 Å². The summed E-state index contributed by atoms with van der Waals surface area (Å²) in [5.74, 6) is -0.148. The normalized spacial score (nSPS) is 23.2. The lowest BCUT2D eigenvalue weighted by atomic mass is 10.2. The van der Waals surface area contributed by atoms with Crippen LogP contribution in [0, 0.1) is 5.82 Å². The van der Waals surface area contributed by atoms with Gasteiger partial charge in [0.25, 0.3) is 0 Å². The van der Waals surface area contributed by atoms with Crippen LogP contribution in [0.3, 0.4) is 0 Å². The minimum atomic E-state index is -2.93. The van der Waals surface area contributed by atoms with Gasteiger partial charge in [0.2, 0.25) is 0 Å². The molecular weight excluding hydrogens is 253 g/mol. The summed E-state index contributed by atoms with van der Waals surface area (Å²) in [6.07, 6.45) is 0.552. The molecule has 1 unspecified atom stereocenters. The first kappa shape index (κ1) is 11.7. The Morgan fingerprint density at radius 3 is 2.69 bits per heavy atom. The smallest absolute Gasteiger partial charge is 0.152 e. The van der Waals surface area contributed by atoms with Gasteiger partial charge in [0, 0.05) is 16.8 Å². The van der Waals surface area contributed by atoms with Crippen molar-refractivity contribution in [3.63, 3.8) is 0 Å². The molecule has 16 heavy (non-hydrogen) atoms. The predicted molar refractivity (Wildman–Crippen MR) is 62.1 cm³/mol. The Morgan fingerprint density at radius 2 is 2.12 bits per heavy atom. The van der Waals surface area contributed by atoms with E-state index < -0.39 is 15.7 Å². The molecule has 1 saturated heterocycles. The predicted octanol–water partition coefficient (Wildman–Crippen LogP) is 2.08. The monoisotopic (exact) mass is 263 g/mol. The molecule has 0 saturated carbocycles. The minimum absolute atomic E-state index is 0.0983. The lowest BCUT2D eigenvalue weighted by molar-refractivity contribution is 0.602. The molecular formula is C10H11ClFNO2S. The molecule has 0 amide bonds. The lowest BCUT2D eigenvalue weighted by Gasteiger charge is -2.12. The fourth-order valence-electron chi connectivity index (χ4n) is 1.78. The van der Waals surface area contributed by atoms with Crippen molar-refractivity contribution in [2.75, 3.05) is 16.8 Å². The van der Waals surface area contributed by atoms with Gasteiger partial charge in [-0.25, -0.2) is 12.8 Å². The summed E-state index contributed by atoms with van der Waals surface area (Å²) in [5.41, 5.74) is 0.520. The molecule has 3 nitrogen and oxygen atoms in total. The molecule has 1 fully saturated rings. The second kappa shape index (κ2) is 4.22. The van der Waals surface area contributed by atoms with E-state index in [9.17, 15) is 12.8 Å². The van der Waals surface area contributed by atoms with E-state index in [2.05, 4.69) is 5.32 Å². The third-order valence-electron chi connectivity index (χ3n) is 2.47. The maximum absolute atomic E-state index is 13.0. The first-order chi connectivity index (χ1) is 7.44. The average molecular weight is 264 g/mol. The molecule has 2 rings (SSSR count). The number of rotatable bonds is 2. The van der Waals surface area contributed by atoms with Crippen LogP contribution in [-0.4, -0.2) is 26.0 Å². The zero-order valence-corrected chi connectivity index (χ0v) is 9.98. The zero-order valence-electron chi connectivity index (χ0n) is 8.41. The van der Waals surface area contributed by atoms with Crippen LogP contribution < -0.4 is 5.32 Å². The number of nitrogens with one attached hydrogen (secondary N) is 1. The Bertz CT molecular complexity index is 483. The molecule has 0 radical (unpaired) electrons. The van der Waals surface area contributed by atoms with Crippen molar-refractivity contribution >= 4 is 27.1 Å². The second-order valence-corrected chi connectivity index (χ2v) is 6.57. The quantitative estimate of drug-likeness (QED) is 0.889. The van der Waals surface area contributed by atoms with Gasteiger partial charge >= 0.3 is 0 Å². The van der Waals surface area contributed by atoms with Gasteiger partial charge in [-0.3, -0.25) is 0 Å². The first-order valence-electron chi connectivity index (χ1n) is 4.88.